The quantitative estimate of drug-likeness (QED) is 0.191. The summed E-state index contributed by atoms with van der Waals surface area (Å²) in [7, 11) is 3.40. The van der Waals surface area contributed by atoms with Crippen LogP contribution in [0, 0.1) is 6.92 Å². The van der Waals surface area contributed by atoms with Crippen molar-refractivity contribution in [3.05, 3.63) is 125 Å². The standard InChI is InChI=1S/C38H37NO3/c1-6-39(7-2)30-17-15-29(16-18-30)38(28-11-9-8-10-12-28)24-23-33-26(3)36(27-13-19-31(40-4)20-14-27)34-22-21-32(41-5)25-35(34)37(33)42-38/h8-25H,6-7H2,1-5H3. The molecule has 5 aromatic rings. The van der Waals surface area contributed by atoms with Gasteiger partial charge in [0.05, 0.1) is 14.2 Å². The Morgan fingerprint density at radius 1 is 0.714 bits per heavy atom. The van der Waals surface area contributed by atoms with Gasteiger partial charge in [0.15, 0.2) is 5.60 Å². The highest BCUT2D eigenvalue weighted by molar-refractivity contribution is 6.05. The molecule has 4 nitrogen and oxygen atoms in total. The van der Waals surface area contributed by atoms with Crippen molar-refractivity contribution < 1.29 is 14.2 Å². The zero-order chi connectivity index (χ0) is 29.3. The first kappa shape index (κ1) is 27.5. The molecular formula is C38H37NO3. The zero-order valence-corrected chi connectivity index (χ0v) is 25.0. The summed E-state index contributed by atoms with van der Waals surface area (Å²) in [4.78, 5) is 2.36. The molecule has 0 spiro atoms. The smallest absolute Gasteiger partial charge is 0.178 e. The first-order valence-corrected chi connectivity index (χ1v) is 14.6. The van der Waals surface area contributed by atoms with Crippen molar-refractivity contribution in [3.8, 4) is 28.4 Å². The van der Waals surface area contributed by atoms with Crippen molar-refractivity contribution in [1.29, 1.82) is 0 Å². The second-order valence-electron chi connectivity index (χ2n) is 10.6. The monoisotopic (exact) mass is 555 g/mol. The van der Waals surface area contributed by atoms with E-state index in [2.05, 4.69) is 111 Å². The molecule has 4 heteroatoms. The molecule has 0 aliphatic carbocycles. The average Bonchev–Trinajstić information content (AvgIpc) is 3.06. The SMILES string of the molecule is CCN(CC)c1ccc(C2(c3ccccc3)C=Cc3c(C)c(-c4ccc(OC)cc4)c4ccc(OC)cc4c3O2)cc1. The number of hydrogen-bond acceptors (Lipinski definition) is 4. The van der Waals surface area contributed by atoms with E-state index in [1.807, 2.05) is 24.3 Å². The van der Waals surface area contributed by atoms with Gasteiger partial charge in [-0.25, -0.2) is 0 Å². The van der Waals surface area contributed by atoms with Crippen LogP contribution in [0.1, 0.15) is 36.1 Å². The molecule has 1 atom stereocenters. The molecule has 0 saturated heterocycles. The largest absolute Gasteiger partial charge is 0.497 e. The summed E-state index contributed by atoms with van der Waals surface area (Å²) >= 11 is 0. The molecule has 5 aromatic carbocycles. The third kappa shape index (κ3) is 4.57. The normalized spacial score (nSPS) is 15.6. The topological polar surface area (TPSA) is 30.9 Å². The van der Waals surface area contributed by atoms with E-state index < -0.39 is 5.60 Å². The van der Waals surface area contributed by atoms with Gasteiger partial charge < -0.3 is 19.1 Å². The summed E-state index contributed by atoms with van der Waals surface area (Å²) < 4.78 is 18.4. The van der Waals surface area contributed by atoms with Crippen molar-refractivity contribution in [2.24, 2.45) is 0 Å². The Hall–Kier alpha value is -4.70. The van der Waals surface area contributed by atoms with Gasteiger partial charge in [0.25, 0.3) is 0 Å². The van der Waals surface area contributed by atoms with E-state index in [9.17, 15) is 0 Å². The lowest BCUT2D eigenvalue weighted by atomic mass is 9.81. The van der Waals surface area contributed by atoms with Gasteiger partial charge in [0.1, 0.15) is 17.2 Å². The number of methoxy groups -OCH3 is 2. The number of rotatable bonds is 8. The highest BCUT2D eigenvalue weighted by Gasteiger charge is 2.38. The first-order chi connectivity index (χ1) is 20.5. The Morgan fingerprint density at radius 3 is 2.00 bits per heavy atom. The fourth-order valence-electron chi connectivity index (χ4n) is 6.22. The van der Waals surface area contributed by atoms with Crippen LogP contribution in [-0.2, 0) is 5.60 Å². The Balaban J connectivity index is 1.58. The molecule has 0 saturated carbocycles. The minimum Gasteiger partial charge on any atom is -0.497 e. The van der Waals surface area contributed by atoms with Crippen LogP contribution in [0.2, 0.25) is 0 Å². The molecule has 1 aliphatic heterocycles. The van der Waals surface area contributed by atoms with Gasteiger partial charge in [-0.15, -0.1) is 0 Å². The predicted octanol–water partition coefficient (Wildman–Crippen LogP) is 9.03. The van der Waals surface area contributed by atoms with E-state index in [1.54, 1.807) is 14.2 Å². The highest BCUT2D eigenvalue weighted by atomic mass is 16.5. The van der Waals surface area contributed by atoms with Crippen LogP contribution in [0.3, 0.4) is 0 Å². The molecular weight excluding hydrogens is 518 g/mol. The van der Waals surface area contributed by atoms with E-state index in [0.29, 0.717) is 0 Å². The number of nitrogens with zero attached hydrogens (tertiary/aromatic N) is 1. The van der Waals surface area contributed by atoms with Gasteiger partial charge in [-0.3, -0.25) is 0 Å². The summed E-state index contributed by atoms with van der Waals surface area (Å²) in [6.45, 7) is 8.49. The van der Waals surface area contributed by atoms with E-state index in [-0.39, 0.29) is 0 Å². The Kier molecular flexibility index (Phi) is 7.38. The van der Waals surface area contributed by atoms with Crippen LogP contribution in [0.15, 0.2) is 103 Å². The summed E-state index contributed by atoms with van der Waals surface area (Å²) in [5.74, 6) is 2.49. The van der Waals surface area contributed by atoms with E-state index in [0.717, 1.165) is 63.4 Å². The molecule has 1 unspecified atom stereocenters. The lowest BCUT2D eigenvalue weighted by Gasteiger charge is -2.38. The van der Waals surface area contributed by atoms with Crippen molar-refractivity contribution >= 4 is 22.5 Å². The third-order valence-corrected chi connectivity index (χ3v) is 8.52. The molecule has 0 radical (unpaired) electrons. The van der Waals surface area contributed by atoms with Crippen molar-refractivity contribution in [2.45, 2.75) is 26.4 Å². The van der Waals surface area contributed by atoms with Crippen LogP contribution < -0.4 is 19.1 Å². The number of hydrogen-bond donors (Lipinski definition) is 0. The van der Waals surface area contributed by atoms with E-state index in [4.69, 9.17) is 14.2 Å². The molecule has 1 heterocycles. The van der Waals surface area contributed by atoms with Gasteiger partial charge in [0.2, 0.25) is 0 Å². The summed E-state index contributed by atoms with van der Waals surface area (Å²) in [6, 6.07) is 33.9. The number of benzene rings is 5. The first-order valence-electron chi connectivity index (χ1n) is 14.6. The maximum Gasteiger partial charge on any atom is 0.178 e. The second-order valence-corrected chi connectivity index (χ2v) is 10.6. The van der Waals surface area contributed by atoms with Gasteiger partial charge in [0, 0.05) is 40.9 Å². The molecule has 212 valence electrons. The number of anilines is 1. The molecule has 0 fully saturated rings. The summed E-state index contributed by atoms with van der Waals surface area (Å²) in [6.07, 6.45) is 4.46. The maximum atomic E-state index is 7.29. The summed E-state index contributed by atoms with van der Waals surface area (Å²) in [5.41, 5.74) is 7.14. The lowest BCUT2D eigenvalue weighted by Crippen LogP contribution is -2.34. The minimum atomic E-state index is -0.792. The van der Waals surface area contributed by atoms with E-state index >= 15 is 0 Å². The van der Waals surface area contributed by atoms with Gasteiger partial charge >= 0.3 is 0 Å². The fraction of sp³-hybridized carbons (Fsp3) is 0.211. The average molecular weight is 556 g/mol. The Labute approximate surface area is 248 Å². The van der Waals surface area contributed by atoms with Crippen molar-refractivity contribution in [1.82, 2.24) is 0 Å². The van der Waals surface area contributed by atoms with E-state index in [1.165, 1.54) is 16.8 Å². The van der Waals surface area contributed by atoms with Gasteiger partial charge in [-0.2, -0.15) is 0 Å². The molecule has 0 N–H and O–H groups in total. The molecule has 0 bridgehead atoms. The van der Waals surface area contributed by atoms with Crippen molar-refractivity contribution in [2.75, 3.05) is 32.2 Å². The third-order valence-electron chi connectivity index (χ3n) is 8.52. The van der Waals surface area contributed by atoms with Crippen LogP contribution in [0.4, 0.5) is 5.69 Å². The second kappa shape index (κ2) is 11.3. The van der Waals surface area contributed by atoms with Crippen LogP contribution in [0.25, 0.3) is 28.0 Å². The zero-order valence-electron chi connectivity index (χ0n) is 25.0. The minimum absolute atomic E-state index is 0.792. The summed E-state index contributed by atoms with van der Waals surface area (Å²) in [5, 5.41) is 2.14. The number of ether oxygens (including phenoxy) is 3. The highest BCUT2D eigenvalue weighted by Crippen LogP contribution is 2.50. The van der Waals surface area contributed by atoms with Crippen LogP contribution in [0.5, 0.6) is 17.2 Å². The molecule has 1 aliphatic rings. The molecule has 42 heavy (non-hydrogen) atoms. The molecule has 6 rings (SSSR count). The lowest BCUT2D eigenvalue weighted by molar-refractivity contribution is 0.163. The van der Waals surface area contributed by atoms with Crippen LogP contribution in [-0.4, -0.2) is 27.3 Å². The number of fused-ring (bicyclic) bond motifs is 3. The maximum absolute atomic E-state index is 7.29. The van der Waals surface area contributed by atoms with Gasteiger partial charge in [-0.05, 0) is 91.4 Å². The fourth-order valence-corrected chi connectivity index (χ4v) is 6.22. The Morgan fingerprint density at radius 2 is 1.36 bits per heavy atom. The predicted molar refractivity (Wildman–Crippen MR) is 174 cm³/mol. The van der Waals surface area contributed by atoms with Crippen molar-refractivity contribution in [3.63, 3.8) is 0 Å². The molecule has 0 aromatic heterocycles. The Bertz CT molecular complexity index is 1740. The molecule has 0 amide bonds. The van der Waals surface area contributed by atoms with Gasteiger partial charge in [-0.1, -0.05) is 60.7 Å². The van der Waals surface area contributed by atoms with Crippen LogP contribution >= 0.6 is 0 Å².